The van der Waals surface area contributed by atoms with Gasteiger partial charge in [-0.25, -0.2) is 14.6 Å². The van der Waals surface area contributed by atoms with Crippen LogP contribution in [0.15, 0.2) is 36.7 Å². The van der Waals surface area contributed by atoms with Gasteiger partial charge in [-0.1, -0.05) is 12.1 Å². The maximum Gasteiger partial charge on any atom is 0.226 e. The fourth-order valence-corrected chi connectivity index (χ4v) is 3.71. The molecular weight excluding hydrogens is 342 g/mol. The van der Waals surface area contributed by atoms with Crippen molar-refractivity contribution >= 4 is 17.1 Å². The minimum Gasteiger partial charge on any atom is -0.497 e. The monoisotopic (exact) mass is 365 g/mol. The Morgan fingerprint density at radius 1 is 1.15 bits per heavy atom. The van der Waals surface area contributed by atoms with Crippen molar-refractivity contribution in [1.82, 2.24) is 24.6 Å². The Kier molecular flexibility index (Phi) is 4.75. The molecule has 1 aliphatic heterocycles. The van der Waals surface area contributed by atoms with E-state index in [9.17, 15) is 4.79 Å². The van der Waals surface area contributed by atoms with E-state index in [1.807, 2.05) is 36.2 Å². The van der Waals surface area contributed by atoms with E-state index in [1.54, 1.807) is 24.2 Å². The standard InChI is InChI=1S/C20H23N5O2/c1-24-20-19(21-9-10-22-20)18(23-24)15-7-11-25(12-8-15)17(26)13-14-3-5-16(27-2)6-4-14/h3-6,9-10,15H,7-8,11-13H2,1-2H3. The highest BCUT2D eigenvalue weighted by molar-refractivity contribution is 5.79. The quantitative estimate of drug-likeness (QED) is 0.709. The molecule has 1 aromatic carbocycles. The number of hydrogen-bond donors (Lipinski definition) is 0. The third-order valence-corrected chi connectivity index (χ3v) is 5.23. The zero-order valence-electron chi connectivity index (χ0n) is 15.6. The molecule has 0 aliphatic carbocycles. The molecule has 2 aromatic heterocycles. The predicted octanol–water partition coefficient (Wildman–Crippen LogP) is 2.32. The molecule has 1 aliphatic rings. The molecule has 4 rings (SSSR count). The smallest absolute Gasteiger partial charge is 0.226 e. The van der Waals surface area contributed by atoms with E-state index in [2.05, 4.69) is 15.1 Å². The summed E-state index contributed by atoms with van der Waals surface area (Å²) in [6.45, 7) is 1.50. The maximum absolute atomic E-state index is 12.6. The first-order valence-electron chi connectivity index (χ1n) is 9.20. The summed E-state index contributed by atoms with van der Waals surface area (Å²) in [6, 6.07) is 7.68. The molecule has 0 bridgehead atoms. The van der Waals surface area contributed by atoms with Crippen LogP contribution < -0.4 is 4.74 Å². The lowest BCUT2D eigenvalue weighted by Crippen LogP contribution is -2.38. The number of rotatable bonds is 4. The molecule has 0 atom stereocenters. The van der Waals surface area contributed by atoms with Crippen molar-refractivity contribution in [1.29, 1.82) is 0 Å². The molecule has 27 heavy (non-hydrogen) atoms. The zero-order chi connectivity index (χ0) is 18.8. The molecule has 1 fully saturated rings. The third-order valence-electron chi connectivity index (χ3n) is 5.23. The topological polar surface area (TPSA) is 73.1 Å². The molecule has 1 amide bonds. The number of hydrogen-bond acceptors (Lipinski definition) is 5. The molecule has 0 N–H and O–H groups in total. The van der Waals surface area contributed by atoms with E-state index < -0.39 is 0 Å². The van der Waals surface area contributed by atoms with Crippen molar-refractivity contribution in [3.05, 3.63) is 47.9 Å². The predicted molar refractivity (Wildman–Crippen MR) is 102 cm³/mol. The Hall–Kier alpha value is -2.96. The Bertz CT molecular complexity index is 943. The van der Waals surface area contributed by atoms with Gasteiger partial charge in [0, 0.05) is 38.4 Å². The minimum absolute atomic E-state index is 0.171. The zero-order valence-corrected chi connectivity index (χ0v) is 15.6. The summed E-state index contributed by atoms with van der Waals surface area (Å²) in [4.78, 5) is 23.4. The van der Waals surface area contributed by atoms with Crippen LogP contribution in [0.25, 0.3) is 11.2 Å². The summed E-state index contributed by atoms with van der Waals surface area (Å²) in [5.74, 6) is 1.29. The van der Waals surface area contributed by atoms with Crippen molar-refractivity contribution in [3.63, 3.8) is 0 Å². The summed E-state index contributed by atoms with van der Waals surface area (Å²) in [5, 5.41) is 4.64. The van der Waals surface area contributed by atoms with Gasteiger partial charge in [-0.2, -0.15) is 5.10 Å². The van der Waals surface area contributed by atoms with Gasteiger partial charge in [0.25, 0.3) is 0 Å². The summed E-state index contributed by atoms with van der Waals surface area (Å²) < 4.78 is 6.95. The number of ether oxygens (including phenoxy) is 1. The van der Waals surface area contributed by atoms with E-state index in [-0.39, 0.29) is 5.91 Å². The van der Waals surface area contributed by atoms with Crippen molar-refractivity contribution < 1.29 is 9.53 Å². The van der Waals surface area contributed by atoms with Crippen LogP contribution in [0.4, 0.5) is 0 Å². The number of carbonyl (C=O) groups is 1. The molecule has 1 saturated heterocycles. The van der Waals surface area contributed by atoms with Gasteiger partial charge in [0.15, 0.2) is 5.65 Å². The average molecular weight is 365 g/mol. The number of amides is 1. The highest BCUT2D eigenvalue weighted by Crippen LogP contribution is 2.31. The van der Waals surface area contributed by atoms with E-state index in [0.717, 1.165) is 54.1 Å². The van der Waals surface area contributed by atoms with Crippen molar-refractivity contribution in [2.24, 2.45) is 7.05 Å². The number of piperidine rings is 1. The summed E-state index contributed by atoms with van der Waals surface area (Å²) in [5.41, 5.74) is 3.70. The van der Waals surface area contributed by atoms with Gasteiger partial charge in [0.05, 0.1) is 19.2 Å². The van der Waals surface area contributed by atoms with Gasteiger partial charge >= 0.3 is 0 Å². The molecule has 7 heteroatoms. The second-order valence-corrected chi connectivity index (χ2v) is 6.92. The third kappa shape index (κ3) is 3.49. The number of likely N-dealkylation sites (tertiary alicyclic amines) is 1. The molecule has 140 valence electrons. The molecule has 0 saturated carbocycles. The van der Waals surface area contributed by atoms with Crippen LogP contribution >= 0.6 is 0 Å². The maximum atomic E-state index is 12.6. The molecule has 3 heterocycles. The second-order valence-electron chi connectivity index (χ2n) is 6.92. The Balaban J connectivity index is 1.40. The number of aryl methyl sites for hydroxylation is 1. The molecule has 0 unspecified atom stereocenters. The first kappa shape index (κ1) is 17.5. The van der Waals surface area contributed by atoms with Crippen LogP contribution in [0.5, 0.6) is 5.75 Å². The fourth-order valence-electron chi connectivity index (χ4n) is 3.71. The first-order chi connectivity index (χ1) is 13.2. The lowest BCUT2D eigenvalue weighted by molar-refractivity contribution is -0.131. The second kappa shape index (κ2) is 7.34. The number of methoxy groups -OCH3 is 1. The van der Waals surface area contributed by atoms with Gasteiger partial charge in [-0.15, -0.1) is 0 Å². The van der Waals surface area contributed by atoms with E-state index in [4.69, 9.17) is 4.74 Å². The Morgan fingerprint density at radius 2 is 1.85 bits per heavy atom. The van der Waals surface area contributed by atoms with E-state index >= 15 is 0 Å². The summed E-state index contributed by atoms with van der Waals surface area (Å²) >= 11 is 0. The largest absolute Gasteiger partial charge is 0.497 e. The molecule has 0 radical (unpaired) electrons. The number of benzene rings is 1. The lowest BCUT2D eigenvalue weighted by atomic mass is 9.92. The molecule has 0 spiro atoms. The van der Waals surface area contributed by atoms with Crippen LogP contribution in [0, 0.1) is 0 Å². The van der Waals surface area contributed by atoms with Gasteiger partial charge in [0.2, 0.25) is 5.91 Å². The number of carbonyl (C=O) groups excluding carboxylic acids is 1. The SMILES string of the molecule is COc1ccc(CC(=O)N2CCC(c3nn(C)c4nccnc34)CC2)cc1. The van der Waals surface area contributed by atoms with Crippen LogP contribution in [-0.2, 0) is 18.3 Å². The molecule has 3 aromatic rings. The van der Waals surface area contributed by atoms with Gasteiger partial charge in [-0.05, 0) is 30.5 Å². The van der Waals surface area contributed by atoms with Crippen LogP contribution in [0.3, 0.4) is 0 Å². The molecular formula is C20H23N5O2. The van der Waals surface area contributed by atoms with Crippen LogP contribution in [0.2, 0.25) is 0 Å². The minimum atomic E-state index is 0.171. The summed E-state index contributed by atoms with van der Waals surface area (Å²) in [6.07, 6.45) is 5.62. The summed E-state index contributed by atoms with van der Waals surface area (Å²) in [7, 11) is 3.54. The van der Waals surface area contributed by atoms with Crippen LogP contribution in [-0.4, -0.2) is 50.8 Å². The van der Waals surface area contributed by atoms with Gasteiger partial charge in [-0.3, -0.25) is 4.79 Å². The van der Waals surface area contributed by atoms with Gasteiger partial charge in [0.1, 0.15) is 11.3 Å². The average Bonchev–Trinajstić information content (AvgIpc) is 3.06. The Labute approximate surface area is 158 Å². The van der Waals surface area contributed by atoms with Crippen molar-refractivity contribution in [3.8, 4) is 5.75 Å². The van der Waals surface area contributed by atoms with E-state index in [0.29, 0.717) is 12.3 Å². The fraction of sp³-hybridized carbons (Fsp3) is 0.400. The van der Waals surface area contributed by atoms with Crippen LogP contribution in [0.1, 0.15) is 30.0 Å². The highest BCUT2D eigenvalue weighted by atomic mass is 16.5. The molecule has 7 nitrogen and oxygen atoms in total. The van der Waals surface area contributed by atoms with Gasteiger partial charge < -0.3 is 9.64 Å². The van der Waals surface area contributed by atoms with E-state index in [1.165, 1.54) is 0 Å². The Morgan fingerprint density at radius 3 is 2.56 bits per heavy atom. The highest BCUT2D eigenvalue weighted by Gasteiger charge is 2.27. The number of nitrogens with zero attached hydrogens (tertiary/aromatic N) is 5. The van der Waals surface area contributed by atoms with Crippen molar-refractivity contribution in [2.75, 3.05) is 20.2 Å². The first-order valence-corrected chi connectivity index (χ1v) is 9.20. The van der Waals surface area contributed by atoms with Crippen molar-refractivity contribution in [2.45, 2.75) is 25.2 Å². The number of fused-ring (bicyclic) bond motifs is 1. The normalized spacial score (nSPS) is 15.3. The number of aromatic nitrogens is 4. The lowest BCUT2D eigenvalue weighted by Gasteiger charge is -2.31.